The van der Waals surface area contributed by atoms with Crippen molar-refractivity contribution in [1.82, 2.24) is 14.8 Å². The maximum atomic E-state index is 13.0. The summed E-state index contributed by atoms with van der Waals surface area (Å²) in [5.74, 6) is -2.90. The van der Waals surface area contributed by atoms with Gasteiger partial charge in [0.05, 0.1) is 18.4 Å². The number of hydrogen-bond donors (Lipinski definition) is 1. The first-order valence-corrected chi connectivity index (χ1v) is 5.52. The standard InChI is InChI=1S/C12H14F2N4.ClH/c1-12(13,14)11-4-3-9(5-16-11)7-18-8-10(15-2)6-17-18;/h3-6,8,15H,7H2,1-2H3;1H. The molecular weight excluding hydrogens is 274 g/mol. The van der Waals surface area contributed by atoms with Crippen LogP contribution in [0, 0.1) is 0 Å². The summed E-state index contributed by atoms with van der Waals surface area (Å²) in [6, 6.07) is 2.98. The zero-order valence-electron chi connectivity index (χ0n) is 10.6. The van der Waals surface area contributed by atoms with Gasteiger partial charge in [0, 0.05) is 26.4 Å². The molecule has 0 atom stereocenters. The summed E-state index contributed by atoms with van der Waals surface area (Å²) in [4.78, 5) is 3.77. The van der Waals surface area contributed by atoms with Gasteiger partial charge in [-0.2, -0.15) is 13.9 Å². The molecule has 0 amide bonds. The second kappa shape index (κ2) is 5.97. The Morgan fingerprint density at radius 1 is 1.32 bits per heavy atom. The van der Waals surface area contributed by atoms with Crippen LogP contribution in [0.25, 0.3) is 0 Å². The first-order chi connectivity index (χ1) is 8.49. The first-order valence-electron chi connectivity index (χ1n) is 5.52. The van der Waals surface area contributed by atoms with Crippen LogP contribution in [-0.4, -0.2) is 21.8 Å². The Morgan fingerprint density at radius 3 is 2.53 bits per heavy atom. The number of hydrogen-bond acceptors (Lipinski definition) is 3. The molecule has 2 rings (SSSR count). The lowest BCUT2D eigenvalue weighted by atomic mass is 10.2. The molecule has 0 spiro atoms. The molecule has 0 bridgehead atoms. The highest BCUT2D eigenvalue weighted by molar-refractivity contribution is 5.85. The van der Waals surface area contributed by atoms with Crippen molar-refractivity contribution in [2.75, 3.05) is 12.4 Å². The van der Waals surface area contributed by atoms with Gasteiger partial charge in [0.25, 0.3) is 5.92 Å². The predicted octanol–water partition coefficient (Wildman–Crippen LogP) is 2.90. The largest absolute Gasteiger partial charge is 0.386 e. The van der Waals surface area contributed by atoms with Crippen molar-refractivity contribution in [2.24, 2.45) is 0 Å². The number of alkyl halides is 2. The summed E-state index contributed by atoms with van der Waals surface area (Å²) in [6.07, 6.45) is 4.98. The van der Waals surface area contributed by atoms with Gasteiger partial charge in [-0.25, -0.2) is 0 Å². The van der Waals surface area contributed by atoms with E-state index >= 15 is 0 Å². The number of pyridine rings is 1. The predicted molar refractivity (Wildman–Crippen MR) is 71.9 cm³/mol. The minimum atomic E-state index is -2.90. The Kier molecular flexibility index (Phi) is 4.83. The van der Waals surface area contributed by atoms with Crippen LogP contribution < -0.4 is 5.32 Å². The molecule has 0 unspecified atom stereocenters. The third-order valence-corrected chi connectivity index (χ3v) is 2.54. The fraction of sp³-hybridized carbons (Fsp3) is 0.333. The summed E-state index contributed by atoms with van der Waals surface area (Å²) in [5, 5.41) is 7.10. The molecule has 1 N–H and O–H groups in total. The molecule has 19 heavy (non-hydrogen) atoms. The van der Waals surface area contributed by atoms with Gasteiger partial charge >= 0.3 is 0 Å². The van der Waals surface area contributed by atoms with E-state index in [4.69, 9.17) is 0 Å². The van der Waals surface area contributed by atoms with Gasteiger partial charge < -0.3 is 5.32 Å². The van der Waals surface area contributed by atoms with Crippen LogP contribution in [0.15, 0.2) is 30.7 Å². The van der Waals surface area contributed by atoms with Crippen LogP contribution in [0.1, 0.15) is 18.2 Å². The highest BCUT2D eigenvalue weighted by atomic mass is 35.5. The third-order valence-electron chi connectivity index (χ3n) is 2.54. The molecule has 0 aliphatic heterocycles. The van der Waals surface area contributed by atoms with Crippen LogP contribution >= 0.6 is 12.4 Å². The van der Waals surface area contributed by atoms with Gasteiger partial charge in [-0.05, 0) is 11.6 Å². The summed E-state index contributed by atoms with van der Waals surface area (Å²) in [5.41, 5.74) is 1.51. The van der Waals surface area contributed by atoms with E-state index in [1.54, 1.807) is 24.0 Å². The second-order valence-corrected chi connectivity index (χ2v) is 4.12. The van der Waals surface area contributed by atoms with Crippen molar-refractivity contribution in [2.45, 2.75) is 19.4 Å². The number of nitrogens with zero attached hydrogens (tertiary/aromatic N) is 3. The van der Waals surface area contributed by atoms with Crippen molar-refractivity contribution in [1.29, 1.82) is 0 Å². The molecule has 104 valence electrons. The van der Waals surface area contributed by atoms with Crippen LogP contribution in [0.3, 0.4) is 0 Å². The van der Waals surface area contributed by atoms with Crippen molar-refractivity contribution < 1.29 is 8.78 Å². The fourth-order valence-electron chi connectivity index (χ4n) is 1.54. The minimum absolute atomic E-state index is 0. The molecule has 2 heterocycles. The van der Waals surface area contributed by atoms with Crippen LogP contribution in [0.5, 0.6) is 0 Å². The van der Waals surface area contributed by atoms with Gasteiger partial charge in [-0.15, -0.1) is 12.4 Å². The Labute approximate surface area is 116 Å². The molecule has 0 radical (unpaired) electrons. The molecule has 0 fully saturated rings. The normalized spacial score (nSPS) is 10.9. The molecule has 4 nitrogen and oxygen atoms in total. The highest BCUT2D eigenvalue weighted by Crippen LogP contribution is 2.24. The number of nitrogens with one attached hydrogen (secondary N) is 1. The summed E-state index contributed by atoms with van der Waals surface area (Å²) in [6.45, 7) is 1.34. The summed E-state index contributed by atoms with van der Waals surface area (Å²) < 4.78 is 27.7. The number of halogens is 3. The van der Waals surface area contributed by atoms with Gasteiger partial charge in [0.1, 0.15) is 5.69 Å². The lowest BCUT2D eigenvalue weighted by molar-refractivity contribution is 0.0127. The van der Waals surface area contributed by atoms with Crippen molar-refractivity contribution >= 4 is 18.1 Å². The van der Waals surface area contributed by atoms with E-state index in [0.717, 1.165) is 18.2 Å². The Bertz CT molecular complexity index is 519. The molecule has 2 aromatic rings. The Balaban J connectivity index is 0.00000180. The Hall–Kier alpha value is -1.69. The lowest BCUT2D eigenvalue weighted by Crippen LogP contribution is -2.10. The van der Waals surface area contributed by atoms with E-state index in [1.807, 2.05) is 6.20 Å². The first kappa shape index (κ1) is 15.4. The smallest absolute Gasteiger partial charge is 0.286 e. The Morgan fingerprint density at radius 2 is 2.05 bits per heavy atom. The van der Waals surface area contributed by atoms with Crippen LogP contribution in [0.4, 0.5) is 14.5 Å². The SMILES string of the molecule is CNc1cnn(Cc2ccc(C(C)(F)F)nc2)c1.Cl. The van der Waals surface area contributed by atoms with Crippen molar-refractivity contribution in [3.8, 4) is 0 Å². The molecule has 0 aromatic carbocycles. The van der Waals surface area contributed by atoms with Gasteiger partial charge in [-0.1, -0.05) is 6.07 Å². The van der Waals surface area contributed by atoms with Gasteiger partial charge in [0.2, 0.25) is 0 Å². The topological polar surface area (TPSA) is 42.7 Å². The van der Waals surface area contributed by atoms with E-state index in [-0.39, 0.29) is 18.1 Å². The lowest BCUT2D eigenvalue weighted by Gasteiger charge is -2.09. The average molecular weight is 289 g/mol. The van der Waals surface area contributed by atoms with Crippen LogP contribution in [-0.2, 0) is 12.5 Å². The van der Waals surface area contributed by atoms with Crippen LogP contribution in [0.2, 0.25) is 0 Å². The van der Waals surface area contributed by atoms with E-state index in [9.17, 15) is 8.78 Å². The highest BCUT2D eigenvalue weighted by Gasteiger charge is 2.25. The maximum Gasteiger partial charge on any atom is 0.286 e. The molecule has 0 saturated carbocycles. The van der Waals surface area contributed by atoms with Crippen molar-refractivity contribution in [3.63, 3.8) is 0 Å². The molecule has 0 saturated heterocycles. The van der Waals surface area contributed by atoms with E-state index in [1.165, 1.54) is 12.3 Å². The van der Waals surface area contributed by atoms with E-state index in [0.29, 0.717) is 6.54 Å². The zero-order valence-corrected chi connectivity index (χ0v) is 11.4. The van der Waals surface area contributed by atoms with Gasteiger partial charge in [-0.3, -0.25) is 9.67 Å². The monoisotopic (exact) mass is 288 g/mol. The van der Waals surface area contributed by atoms with E-state index in [2.05, 4.69) is 15.4 Å². The zero-order chi connectivity index (χ0) is 13.2. The average Bonchev–Trinajstić information content (AvgIpc) is 2.76. The quantitative estimate of drug-likeness (QED) is 0.941. The summed E-state index contributed by atoms with van der Waals surface area (Å²) in [7, 11) is 1.81. The minimum Gasteiger partial charge on any atom is -0.386 e. The van der Waals surface area contributed by atoms with Gasteiger partial charge in [0.15, 0.2) is 0 Å². The second-order valence-electron chi connectivity index (χ2n) is 4.12. The number of anilines is 1. The molecule has 0 aliphatic carbocycles. The number of aromatic nitrogens is 3. The molecule has 7 heteroatoms. The molecule has 0 aliphatic rings. The summed E-state index contributed by atoms with van der Waals surface area (Å²) >= 11 is 0. The van der Waals surface area contributed by atoms with Crippen molar-refractivity contribution in [3.05, 3.63) is 42.0 Å². The third kappa shape index (κ3) is 3.89. The maximum absolute atomic E-state index is 13.0. The number of rotatable bonds is 4. The molecule has 2 aromatic heterocycles. The van der Waals surface area contributed by atoms with E-state index < -0.39 is 5.92 Å². The molecular formula is C12H15ClF2N4. The fourth-order valence-corrected chi connectivity index (χ4v) is 1.54.